The predicted molar refractivity (Wildman–Crippen MR) is 127 cm³/mol. The lowest BCUT2D eigenvalue weighted by molar-refractivity contribution is -0.126. The fraction of sp³-hybridized carbons (Fsp3) is 0.625. The quantitative estimate of drug-likeness (QED) is 0.478. The van der Waals surface area contributed by atoms with E-state index in [2.05, 4.69) is 5.32 Å². The first-order chi connectivity index (χ1) is 15.4. The lowest BCUT2D eigenvalue weighted by Gasteiger charge is -2.57. The first kappa shape index (κ1) is 22.2. The van der Waals surface area contributed by atoms with Crippen LogP contribution in [-0.4, -0.2) is 40.0 Å². The Hall–Kier alpha value is -1.57. The average molecular weight is 476 g/mol. The number of hydrogen-bond donors (Lipinski definition) is 1. The second-order valence-corrected chi connectivity index (χ2v) is 11.7. The van der Waals surface area contributed by atoms with Gasteiger partial charge in [0.1, 0.15) is 0 Å². The number of methoxy groups -OCH3 is 1. The normalized spacial score (nSPS) is 29.4. The van der Waals surface area contributed by atoms with Gasteiger partial charge in [0.05, 0.1) is 29.3 Å². The van der Waals surface area contributed by atoms with Crippen molar-refractivity contribution in [2.75, 3.05) is 13.7 Å². The largest absolute Gasteiger partial charge is 0.383 e. The third kappa shape index (κ3) is 4.19. The third-order valence-electron chi connectivity index (χ3n) is 7.48. The maximum Gasteiger partial charge on any atom is 0.262 e. The molecule has 4 bridgehead atoms. The molecule has 1 heterocycles. The van der Waals surface area contributed by atoms with E-state index in [9.17, 15) is 9.59 Å². The fourth-order valence-electron chi connectivity index (χ4n) is 6.48. The first-order valence-electron chi connectivity index (χ1n) is 11.5. The van der Waals surface area contributed by atoms with Gasteiger partial charge in [-0.3, -0.25) is 14.2 Å². The zero-order valence-electron chi connectivity index (χ0n) is 18.6. The number of nitrogens with zero attached hydrogens (tertiary/aromatic N) is 2. The van der Waals surface area contributed by atoms with Gasteiger partial charge in [-0.05, 0) is 81.4 Å². The van der Waals surface area contributed by atoms with Crippen LogP contribution in [0.4, 0.5) is 0 Å². The Morgan fingerprint density at radius 2 is 1.94 bits per heavy atom. The third-order valence-corrected chi connectivity index (χ3v) is 8.80. The van der Waals surface area contributed by atoms with Crippen LogP contribution in [-0.2, 0) is 16.1 Å². The lowest BCUT2D eigenvalue weighted by atomic mass is 9.53. The van der Waals surface area contributed by atoms with Crippen molar-refractivity contribution >= 4 is 40.2 Å². The maximum atomic E-state index is 13.3. The molecule has 2 aromatic rings. The number of ether oxygens (including phenoxy) is 1. The SMILES string of the molecule is COCCn1c(SC(C)C(=O)NC23CC4CC(CC(C4)C2)C3)nc2cc(Cl)ccc2c1=O. The molecule has 1 unspecified atom stereocenters. The van der Waals surface area contributed by atoms with Gasteiger partial charge in [0, 0.05) is 17.7 Å². The number of amides is 1. The van der Waals surface area contributed by atoms with Gasteiger partial charge < -0.3 is 10.1 Å². The minimum absolute atomic E-state index is 0.0271. The smallest absolute Gasteiger partial charge is 0.262 e. The standard InChI is InChI=1S/C24H30ClN3O3S/c1-14(21(29)27-24-11-15-7-16(12-24)9-17(8-15)13-24)32-23-26-20-10-18(25)3-4-19(20)22(30)28(23)5-6-31-2/h3-4,10,14-17H,5-9,11-13H2,1-2H3,(H,27,29). The highest BCUT2D eigenvalue weighted by Crippen LogP contribution is 2.55. The Morgan fingerprint density at radius 3 is 2.56 bits per heavy atom. The molecule has 1 N–H and O–H groups in total. The van der Waals surface area contributed by atoms with Gasteiger partial charge in [-0.2, -0.15) is 0 Å². The number of benzene rings is 1. The fourth-order valence-corrected chi connectivity index (χ4v) is 7.58. The molecule has 8 heteroatoms. The van der Waals surface area contributed by atoms with E-state index in [-0.39, 0.29) is 22.3 Å². The van der Waals surface area contributed by atoms with Gasteiger partial charge >= 0.3 is 0 Å². The summed E-state index contributed by atoms with van der Waals surface area (Å²) in [6.07, 6.45) is 7.38. The van der Waals surface area contributed by atoms with E-state index in [0.29, 0.717) is 34.2 Å². The summed E-state index contributed by atoms with van der Waals surface area (Å²) in [5.41, 5.74) is 0.382. The highest BCUT2D eigenvalue weighted by molar-refractivity contribution is 8.00. The van der Waals surface area contributed by atoms with Crippen molar-refractivity contribution in [1.82, 2.24) is 14.9 Å². The van der Waals surface area contributed by atoms with Crippen molar-refractivity contribution in [1.29, 1.82) is 0 Å². The molecular weight excluding hydrogens is 446 g/mol. The molecule has 32 heavy (non-hydrogen) atoms. The molecule has 172 valence electrons. The minimum atomic E-state index is -0.361. The molecule has 1 atom stereocenters. The summed E-state index contributed by atoms with van der Waals surface area (Å²) in [6, 6.07) is 5.10. The van der Waals surface area contributed by atoms with Crippen LogP contribution in [0.5, 0.6) is 0 Å². The van der Waals surface area contributed by atoms with E-state index in [0.717, 1.165) is 37.0 Å². The minimum Gasteiger partial charge on any atom is -0.383 e. The Labute approximate surface area is 197 Å². The van der Waals surface area contributed by atoms with E-state index in [1.54, 1.807) is 29.9 Å². The Morgan fingerprint density at radius 1 is 1.28 bits per heavy atom. The summed E-state index contributed by atoms with van der Waals surface area (Å²) in [7, 11) is 1.60. The van der Waals surface area contributed by atoms with Crippen LogP contribution in [0, 0.1) is 17.8 Å². The number of thioether (sulfide) groups is 1. The van der Waals surface area contributed by atoms with Gasteiger partial charge in [0.2, 0.25) is 5.91 Å². The van der Waals surface area contributed by atoms with Crippen molar-refractivity contribution in [3.05, 3.63) is 33.6 Å². The lowest BCUT2D eigenvalue weighted by Crippen LogP contribution is -2.60. The van der Waals surface area contributed by atoms with E-state index in [4.69, 9.17) is 21.3 Å². The second kappa shape index (κ2) is 8.65. The van der Waals surface area contributed by atoms with Gasteiger partial charge in [-0.25, -0.2) is 4.98 Å². The molecule has 4 aliphatic rings. The zero-order valence-corrected chi connectivity index (χ0v) is 20.2. The van der Waals surface area contributed by atoms with Crippen LogP contribution in [0.25, 0.3) is 10.9 Å². The summed E-state index contributed by atoms with van der Waals surface area (Å²) in [4.78, 5) is 31.1. The van der Waals surface area contributed by atoms with Crippen LogP contribution >= 0.6 is 23.4 Å². The average Bonchev–Trinajstić information content (AvgIpc) is 2.72. The molecule has 0 aliphatic heterocycles. The van der Waals surface area contributed by atoms with Crippen molar-refractivity contribution in [2.45, 2.75) is 67.9 Å². The summed E-state index contributed by atoms with van der Waals surface area (Å²) in [5.74, 6) is 2.36. The number of carbonyl (C=O) groups excluding carboxylic acids is 1. The van der Waals surface area contributed by atoms with E-state index in [1.807, 2.05) is 6.92 Å². The van der Waals surface area contributed by atoms with E-state index >= 15 is 0 Å². The number of aromatic nitrogens is 2. The molecule has 1 amide bonds. The van der Waals surface area contributed by atoms with Crippen LogP contribution in [0.3, 0.4) is 0 Å². The van der Waals surface area contributed by atoms with E-state index in [1.165, 1.54) is 31.0 Å². The number of rotatable bonds is 7. The topological polar surface area (TPSA) is 73.2 Å². The van der Waals surface area contributed by atoms with E-state index < -0.39 is 0 Å². The monoisotopic (exact) mass is 475 g/mol. The summed E-state index contributed by atoms with van der Waals surface area (Å²) in [5, 5.41) is 4.65. The van der Waals surface area contributed by atoms with Crippen LogP contribution in [0.1, 0.15) is 45.4 Å². The summed E-state index contributed by atoms with van der Waals surface area (Å²) in [6.45, 7) is 2.67. The Kier molecular flexibility index (Phi) is 6.01. The van der Waals surface area contributed by atoms with Crippen molar-refractivity contribution in [3.63, 3.8) is 0 Å². The summed E-state index contributed by atoms with van der Waals surface area (Å²) < 4.78 is 6.81. The number of nitrogens with one attached hydrogen (secondary N) is 1. The Bertz CT molecular complexity index is 1070. The molecule has 1 aromatic heterocycles. The van der Waals surface area contributed by atoms with Gasteiger partial charge in [0.25, 0.3) is 5.56 Å². The molecular formula is C24H30ClN3O3S. The first-order valence-corrected chi connectivity index (χ1v) is 12.8. The van der Waals surface area contributed by atoms with Crippen molar-refractivity contribution in [3.8, 4) is 0 Å². The molecule has 6 rings (SSSR count). The number of halogens is 1. The van der Waals surface area contributed by atoms with Gasteiger partial charge in [0.15, 0.2) is 5.16 Å². The Balaban J connectivity index is 1.38. The van der Waals surface area contributed by atoms with Crippen LogP contribution in [0.2, 0.25) is 5.02 Å². The van der Waals surface area contributed by atoms with Crippen molar-refractivity contribution in [2.24, 2.45) is 17.8 Å². The predicted octanol–water partition coefficient (Wildman–Crippen LogP) is 4.26. The molecule has 6 nitrogen and oxygen atoms in total. The molecule has 1 aromatic carbocycles. The highest BCUT2D eigenvalue weighted by Gasteiger charge is 2.51. The maximum absolute atomic E-state index is 13.3. The molecule has 0 spiro atoms. The summed E-state index contributed by atoms with van der Waals surface area (Å²) >= 11 is 7.47. The molecule has 4 aliphatic carbocycles. The number of hydrogen-bond acceptors (Lipinski definition) is 5. The molecule has 0 radical (unpaired) electrons. The molecule has 4 saturated carbocycles. The van der Waals surface area contributed by atoms with Crippen LogP contribution in [0.15, 0.2) is 28.2 Å². The van der Waals surface area contributed by atoms with Gasteiger partial charge in [-0.15, -0.1) is 0 Å². The van der Waals surface area contributed by atoms with Crippen molar-refractivity contribution < 1.29 is 9.53 Å². The number of carbonyl (C=O) groups is 1. The molecule has 4 fully saturated rings. The highest BCUT2D eigenvalue weighted by atomic mass is 35.5. The van der Waals surface area contributed by atoms with Gasteiger partial charge in [-0.1, -0.05) is 23.4 Å². The molecule has 0 saturated heterocycles. The number of fused-ring (bicyclic) bond motifs is 1. The second-order valence-electron chi connectivity index (χ2n) is 9.95. The van der Waals surface area contributed by atoms with Crippen LogP contribution < -0.4 is 10.9 Å². The zero-order chi connectivity index (χ0) is 22.5.